The molecule has 1 aromatic carbocycles. The van der Waals surface area contributed by atoms with Crippen LogP contribution >= 0.6 is 0 Å². The predicted octanol–water partition coefficient (Wildman–Crippen LogP) is 2.05. The van der Waals surface area contributed by atoms with Gasteiger partial charge in [-0.2, -0.15) is 0 Å². The van der Waals surface area contributed by atoms with Crippen molar-refractivity contribution in [3.63, 3.8) is 0 Å². The fourth-order valence-corrected chi connectivity index (χ4v) is 4.08. The van der Waals surface area contributed by atoms with Gasteiger partial charge in [-0.25, -0.2) is 9.59 Å². The molecule has 23 heavy (non-hydrogen) atoms. The van der Waals surface area contributed by atoms with Gasteiger partial charge in [-0.05, 0) is 12.5 Å². The maximum absolute atomic E-state index is 12.7. The van der Waals surface area contributed by atoms with Crippen molar-refractivity contribution in [3.05, 3.63) is 35.9 Å². The van der Waals surface area contributed by atoms with Crippen molar-refractivity contribution in [2.45, 2.75) is 25.2 Å². The lowest BCUT2D eigenvalue weighted by molar-refractivity contribution is -0.0652. The molecule has 2 fully saturated rings. The molecule has 0 saturated carbocycles. The van der Waals surface area contributed by atoms with Crippen LogP contribution in [0.25, 0.3) is 0 Å². The van der Waals surface area contributed by atoms with Crippen LogP contribution in [0, 0.1) is 5.92 Å². The Morgan fingerprint density at radius 3 is 1.87 bits per heavy atom. The van der Waals surface area contributed by atoms with Crippen molar-refractivity contribution in [2.24, 2.45) is 5.92 Å². The van der Waals surface area contributed by atoms with Crippen molar-refractivity contribution >= 4 is 12.1 Å². The van der Waals surface area contributed by atoms with Gasteiger partial charge >= 0.3 is 12.1 Å². The Kier molecular flexibility index (Phi) is 3.70. The Bertz CT molecular complexity index is 616. The van der Waals surface area contributed by atoms with Crippen LogP contribution in [0.2, 0.25) is 0 Å². The van der Waals surface area contributed by atoms with Crippen LogP contribution in [0.3, 0.4) is 0 Å². The zero-order valence-electron chi connectivity index (χ0n) is 14.3. The molecule has 3 rings (SSSR count). The zero-order chi connectivity index (χ0) is 16.9. The van der Waals surface area contributed by atoms with E-state index in [0.717, 1.165) is 5.56 Å². The first-order valence-corrected chi connectivity index (χ1v) is 7.90. The summed E-state index contributed by atoms with van der Waals surface area (Å²) in [6.07, 6.45) is -0.234. The van der Waals surface area contributed by atoms with Crippen LogP contribution in [0.15, 0.2) is 30.3 Å². The molecule has 6 heteroatoms. The molecule has 1 aromatic rings. The Morgan fingerprint density at radius 1 is 0.783 bits per heavy atom. The number of rotatable bonds is 1. The van der Waals surface area contributed by atoms with E-state index in [9.17, 15) is 9.59 Å². The molecule has 0 unspecified atom stereocenters. The molecule has 4 amide bonds. The molecule has 0 N–H and O–H groups in total. The van der Waals surface area contributed by atoms with Crippen molar-refractivity contribution < 1.29 is 9.59 Å². The van der Waals surface area contributed by atoms with Crippen molar-refractivity contribution in [3.8, 4) is 0 Å². The van der Waals surface area contributed by atoms with Crippen LogP contribution in [-0.2, 0) is 0 Å². The van der Waals surface area contributed by atoms with Crippen LogP contribution in [-0.4, -0.2) is 72.1 Å². The average molecular weight is 316 g/mol. The highest BCUT2D eigenvalue weighted by Gasteiger charge is 2.53. The summed E-state index contributed by atoms with van der Waals surface area (Å²) in [5.41, 5.74) is 1.11. The standard InChI is InChI=1S/C17H24N4O2/c1-11-13-14(12-9-7-6-8-10-12)19(3)17(23)21(5)15(13)20(4)16(22)18(11)2/h6-11,13-15H,1-5H3/t11-,13-,14+,15-/m1/s1. The van der Waals surface area contributed by atoms with E-state index in [1.807, 2.05) is 32.3 Å². The van der Waals surface area contributed by atoms with Gasteiger partial charge in [-0.1, -0.05) is 30.3 Å². The topological polar surface area (TPSA) is 47.1 Å². The zero-order valence-corrected chi connectivity index (χ0v) is 14.3. The minimum absolute atomic E-state index is 0.0342. The van der Waals surface area contributed by atoms with Crippen LogP contribution < -0.4 is 0 Å². The SMILES string of the molecule is C[C@@H]1[C@H]2[C@H](N(C)C(=O)N1C)N(C)C(=O)N(C)[C@H]2c1ccccc1. The maximum Gasteiger partial charge on any atom is 0.321 e. The largest absolute Gasteiger partial charge is 0.324 e. The van der Waals surface area contributed by atoms with Crippen LogP contribution in [0.1, 0.15) is 18.5 Å². The molecular formula is C17H24N4O2. The molecule has 0 radical (unpaired) electrons. The number of nitrogens with zero attached hydrogens (tertiary/aromatic N) is 4. The van der Waals surface area contributed by atoms with Gasteiger partial charge in [-0.15, -0.1) is 0 Å². The number of carbonyl (C=O) groups excluding carboxylic acids is 2. The molecule has 124 valence electrons. The number of fused-ring (bicyclic) bond motifs is 1. The Hall–Kier alpha value is -2.24. The summed E-state index contributed by atoms with van der Waals surface area (Å²) in [5, 5.41) is 0. The third kappa shape index (κ3) is 2.16. The third-order valence-corrected chi connectivity index (χ3v) is 5.44. The fraction of sp³-hybridized carbons (Fsp3) is 0.529. The maximum atomic E-state index is 12.7. The van der Waals surface area contributed by atoms with E-state index in [-0.39, 0.29) is 36.2 Å². The first-order valence-electron chi connectivity index (χ1n) is 7.90. The summed E-state index contributed by atoms with van der Waals surface area (Å²) in [4.78, 5) is 32.1. The smallest absolute Gasteiger partial charge is 0.321 e. The third-order valence-electron chi connectivity index (χ3n) is 5.44. The molecule has 2 heterocycles. The van der Waals surface area contributed by atoms with Gasteiger partial charge in [0.2, 0.25) is 0 Å². The first kappa shape index (κ1) is 15.6. The molecule has 2 aliphatic rings. The Balaban J connectivity index is 2.11. The minimum atomic E-state index is -0.234. The number of urea groups is 2. The van der Waals surface area contributed by atoms with Crippen LogP contribution in [0.5, 0.6) is 0 Å². The van der Waals surface area contributed by atoms with Crippen molar-refractivity contribution in [1.82, 2.24) is 19.6 Å². The summed E-state index contributed by atoms with van der Waals surface area (Å²) in [6, 6.07) is 9.94. The highest BCUT2D eigenvalue weighted by molar-refractivity contribution is 5.80. The fourth-order valence-electron chi connectivity index (χ4n) is 4.08. The van der Waals surface area contributed by atoms with E-state index in [4.69, 9.17) is 0 Å². The van der Waals surface area contributed by atoms with E-state index in [2.05, 4.69) is 19.1 Å². The molecular weight excluding hydrogens is 292 g/mol. The molecule has 0 spiro atoms. The molecule has 0 aromatic heterocycles. The lowest BCUT2D eigenvalue weighted by atomic mass is 9.80. The molecule has 0 aliphatic carbocycles. The average Bonchev–Trinajstić information content (AvgIpc) is 2.56. The van der Waals surface area contributed by atoms with Gasteiger partial charge < -0.3 is 19.6 Å². The monoisotopic (exact) mass is 316 g/mol. The molecule has 2 saturated heterocycles. The van der Waals surface area contributed by atoms with E-state index in [0.29, 0.717) is 0 Å². The van der Waals surface area contributed by atoms with Gasteiger partial charge in [0.1, 0.15) is 6.17 Å². The number of amides is 4. The number of hydrogen-bond donors (Lipinski definition) is 0. The van der Waals surface area contributed by atoms with E-state index in [1.165, 1.54) is 0 Å². The lowest BCUT2D eigenvalue weighted by Crippen LogP contribution is -2.71. The number of carbonyl (C=O) groups is 2. The second-order valence-corrected chi connectivity index (χ2v) is 6.60. The summed E-state index contributed by atoms with van der Waals surface area (Å²) in [7, 11) is 7.23. The highest BCUT2D eigenvalue weighted by atomic mass is 16.2. The predicted molar refractivity (Wildman–Crippen MR) is 87.8 cm³/mol. The number of benzene rings is 1. The van der Waals surface area contributed by atoms with Crippen molar-refractivity contribution in [1.29, 1.82) is 0 Å². The normalized spacial score (nSPS) is 31.5. The van der Waals surface area contributed by atoms with E-state index in [1.54, 1.807) is 33.7 Å². The molecule has 2 aliphatic heterocycles. The van der Waals surface area contributed by atoms with Gasteiger partial charge in [0.15, 0.2) is 0 Å². The second-order valence-electron chi connectivity index (χ2n) is 6.60. The lowest BCUT2D eigenvalue weighted by Gasteiger charge is -2.57. The Morgan fingerprint density at radius 2 is 1.30 bits per heavy atom. The van der Waals surface area contributed by atoms with E-state index < -0.39 is 0 Å². The quantitative estimate of drug-likeness (QED) is 0.796. The van der Waals surface area contributed by atoms with E-state index >= 15 is 0 Å². The highest BCUT2D eigenvalue weighted by Crippen LogP contribution is 2.43. The van der Waals surface area contributed by atoms with Gasteiger partial charge in [0.25, 0.3) is 0 Å². The van der Waals surface area contributed by atoms with Crippen molar-refractivity contribution in [2.75, 3.05) is 28.2 Å². The Labute approximate surface area is 137 Å². The van der Waals surface area contributed by atoms with Crippen LogP contribution in [0.4, 0.5) is 9.59 Å². The first-order chi connectivity index (χ1) is 10.9. The van der Waals surface area contributed by atoms with Gasteiger partial charge in [-0.3, -0.25) is 0 Å². The molecule has 0 bridgehead atoms. The van der Waals surface area contributed by atoms with Gasteiger partial charge in [0.05, 0.1) is 6.04 Å². The molecule has 4 atom stereocenters. The summed E-state index contributed by atoms with van der Waals surface area (Å²) in [6.45, 7) is 2.07. The van der Waals surface area contributed by atoms with Gasteiger partial charge in [0, 0.05) is 40.2 Å². The molecule has 6 nitrogen and oxygen atoms in total. The number of hydrogen-bond acceptors (Lipinski definition) is 2. The second kappa shape index (κ2) is 5.44. The minimum Gasteiger partial charge on any atom is -0.324 e. The summed E-state index contributed by atoms with van der Waals surface area (Å²) in [5.74, 6) is 0.109. The summed E-state index contributed by atoms with van der Waals surface area (Å²) < 4.78 is 0. The summed E-state index contributed by atoms with van der Waals surface area (Å²) >= 11 is 0.